The maximum Gasteiger partial charge on any atom is 0.329 e. The summed E-state index contributed by atoms with van der Waals surface area (Å²) in [4.78, 5) is 30.8. The fourth-order valence-electron chi connectivity index (χ4n) is 2.81. The Hall–Kier alpha value is -1.63. The fraction of sp³-hybridized carbons (Fsp3) is 0.643. The van der Waals surface area contributed by atoms with Gasteiger partial charge < -0.3 is 15.3 Å². The summed E-state index contributed by atoms with van der Waals surface area (Å²) in [5, 5.41) is 13.2. The van der Waals surface area contributed by atoms with Gasteiger partial charge in [-0.05, 0) is 33.1 Å². The number of hydrogen-bond acceptors (Lipinski definition) is 4. The minimum atomic E-state index is -1.07. The number of thiazole rings is 1. The Labute approximate surface area is 128 Å². The molecule has 2 N–H and O–H groups in total. The lowest BCUT2D eigenvalue weighted by molar-refractivity contribution is -0.148. The molecule has 21 heavy (non-hydrogen) atoms. The summed E-state index contributed by atoms with van der Waals surface area (Å²) in [6.07, 6.45) is 3.42. The largest absolute Gasteiger partial charge is 0.479 e. The molecule has 1 fully saturated rings. The summed E-state index contributed by atoms with van der Waals surface area (Å²) >= 11 is 1.53. The topological polar surface area (TPSA) is 82.5 Å². The second kappa shape index (κ2) is 6.01. The summed E-state index contributed by atoms with van der Waals surface area (Å²) in [6.45, 7) is 6.12. The molecule has 1 aliphatic heterocycles. The number of amides is 2. The lowest BCUT2D eigenvalue weighted by Crippen LogP contribution is -2.55. The number of carboxylic acids is 1. The van der Waals surface area contributed by atoms with Crippen LogP contribution in [-0.4, -0.2) is 39.1 Å². The van der Waals surface area contributed by atoms with E-state index in [1.165, 1.54) is 16.2 Å². The Kier molecular flexibility index (Phi) is 4.51. The molecule has 0 bridgehead atoms. The zero-order chi connectivity index (χ0) is 15.6. The minimum absolute atomic E-state index is 0.222. The number of urea groups is 1. The third-order valence-electron chi connectivity index (χ3n) is 4.07. The predicted molar refractivity (Wildman–Crippen MR) is 80.4 cm³/mol. The van der Waals surface area contributed by atoms with E-state index in [2.05, 4.69) is 10.3 Å². The van der Waals surface area contributed by atoms with Gasteiger partial charge in [0.25, 0.3) is 0 Å². The molecule has 2 heterocycles. The van der Waals surface area contributed by atoms with Crippen LogP contribution in [0, 0.1) is 6.92 Å². The van der Waals surface area contributed by atoms with Gasteiger partial charge in [-0.3, -0.25) is 0 Å². The summed E-state index contributed by atoms with van der Waals surface area (Å²) in [5.41, 5.74) is -1.07. The van der Waals surface area contributed by atoms with Crippen molar-refractivity contribution in [3.05, 3.63) is 16.1 Å². The van der Waals surface area contributed by atoms with Crippen LogP contribution in [-0.2, 0) is 4.79 Å². The number of carbonyl (C=O) groups is 2. The molecule has 0 spiro atoms. The number of carboxylic acid groups (broad SMARTS) is 1. The number of rotatable bonds is 4. The van der Waals surface area contributed by atoms with Crippen LogP contribution in [0.3, 0.4) is 0 Å². The van der Waals surface area contributed by atoms with Crippen molar-refractivity contribution in [1.29, 1.82) is 0 Å². The molecule has 1 aliphatic rings. The first-order valence-electron chi connectivity index (χ1n) is 7.14. The van der Waals surface area contributed by atoms with Crippen LogP contribution in [0.25, 0.3) is 0 Å². The average Bonchev–Trinajstić information content (AvgIpc) is 3.04. The van der Waals surface area contributed by atoms with E-state index in [0.29, 0.717) is 19.4 Å². The smallest absolute Gasteiger partial charge is 0.329 e. The van der Waals surface area contributed by atoms with Gasteiger partial charge in [0.1, 0.15) is 10.5 Å². The maximum atomic E-state index is 12.4. The van der Waals surface area contributed by atoms with Crippen LogP contribution in [0.1, 0.15) is 49.0 Å². The van der Waals surface area contributed by atoms with E-state index in [0.717, 1.165) is 16.3 Å². The molecule has 2 atom stereocenters. The lowest BCUT2D eigenvalue weighted by atomic mass is 9.93. The number of aromatic nitrogens is 1. The molecular weight excluding hydrogens is 290 g/mol. The highest BCUT2D eigenvalue weighted by atomic mass is 32.1. The molecule has 2 unspecified atom stereocenters. The summed E-state index contributed by atoms with van der Waals surface area (Å²) in [6, 6.07) is -0.544. The second-order valence-corrected chi connectivity index (χ2v) is 6.69. The molecule has 6 nitrogen and oxygen atoms in total. The van der Waals surface area contributed by atoms with E-state index in [9.17, 15) is 14.7 Å². The van der Waals surface area contributed by atoms with Gasteiger partial charge >= 0.3 is 12.0 Å². The van der Waals surface area contributed by atoms with Crippen molar-refractivity contribution in [2.75, 3.05) is 6.54 Å². The molecule has 0 aliphatic carbocycles. The van der Waals surface area contributed by atoms with Crippen molar-refractivity contribution < 1.29 is 14.7 Å². The van der Waals surface area contributed by atoms with Crippen LogP contribution in [0.2, 0.25) is 0 Å². The molecule has 1 aromatic heterocycles. The highest BCUT2D eigenvalue weighted by Gasteiger charge is 2.48. The Bertz CT molecular complexity index is 545. The van der Waals surface area contributed by atoms with E-state index in [1.807, 2.05) is 20.8 Å². The molecule has 116 valence electrons. The Morgan fingerprint density at radius 2 is 2.33 bits per heavy atom. The SMILES string of the molecule is CCC1(C(=O)O)CCCN1C(=O)NC(C)c1ncc(C)s1. The van der Waals surface area contributed by atoms with Gasteiger partial charge in [-0.1, -0.05) is 6.92 Å². The highest BCUT2D eigenvalue weighted by Crippen LogP contribution is 2.33. The molecule has 0 aromatic carbocycles. The highest BCUT2D eigenvalue weighted by molar-refractivity contribution is 7.11. The van der Waals surface area contributed by atoms with Crippen molar-refractivity contribution in [2.24, 2.45) is 0 Å². The normalized spacial score (nSPS) is 23.1. The van der Waals surface area contributed by atoms with Crippen LogP contribution >= 0.6 is 11.3 Å². The van der Waals surface area contributed by atoms with Gasteiger partial charge in [-0.15, -0.1) is 11.3 Å². The van der Waals surface area contributed by atoms with Crippen LogP contribution < -0.4 is 5.32 Å². The molecule has 1 saturated heterocycles. The number of aryl methyl sites for hydroxylation is 1. The van der Waals surface area contributed by atoms with Crippen molar-refractivity contribution >= 4 is 23.3 Å². The average molecular weight is 311 g/mol. The maximum absolute atomic E-state index is 12.4. The third kappa shape index (κ3) is 2.88. The molecule has 7 heteroatoms. The van der Waals surface area contributed by atoms with Gasteiger partial charge in [0.05, 0.1) is 6.04 Å². The molecular formula is C14H21N3O3S. The van der Waals surface area contributed by atoms with E-state index < -0.39 is 11.5 Å². The lowest BCUT2D eigenvalue weighted by Gasteiger charge is -2.34. The zero-order valence-electron chi connectivity index (χ0n) is 12.5. The van der Waals surface area contributed by atoms with E-state index in [4.69, 9.17) is 0 Å². The van der Waals surface area contributed by atoms with Crippen molar-refractivity contribution in [2.45, 2.75) is 51.6 Å². The van der Waals surface area contributed by atoms with E-state index >= 15 is 0 Å². The number of hydrogen-bond donors (Lipinski definition) is 2. The molecule has 2 rings (SSSR count). The molecule has 0 saturated carbocycles. The Balaban J connectivity index is 2.10. The van der Waals surface area contributed by atoms with Crippen LogP contribution in [0.15, 0.2) is 6.20 Å². The first-order valence-corrected chi connectivity index (χ1v) is 7.96. The van der Waals surface area contributed by atoms with Crippen molar-refractivity contribution in [3.8, 4) is 0 Å². The molecule has 2 amide bonds. The van der Waals surface area contributed by atoms with Gasteiger partial charge in [-0.25, -0.2) is 14.6 Å². The number of aliphatic carboxylic acids is 1. The fourth-order valence-corrected chi connectivity index (χ4v) is 3.59. The van der Waals surface area contributed by atoms with Gasteiger partial charge in [0, 0.05) is 17.6 Å². The summed E-state index contributed by atoms with van der Waals surface area (Å²) < 4.78 is 0. The zero-order valence-corrected chi connectivity index (χ0v) is 13.4. The van der Waals surface area contributed by atoms with Gasteiger partial charge in [0.2, 0.25) is 0 Å². The van der Waals surface area contributed by atoms with Crippen molar-refractivity contribution in [1.82, 2.24) is 15.2 Å². The second-order valence-electron chi connectivity index (χ2n) is 5.43. The monoisotopic (exact) mass is 311 g/mol. The van der Waals surface area contributed by atoms with Crippen LogP contribution in [0.5, 0.6) is 0 Å². The predicted octanol–water partition coefficient (Wildman–Crippen LogP) is 2.55. The summed E-state index contributed by atoms with van der Waals surface area (Å²) in [7, 11) is 0. The number of carbonyl (C=O) groups excluding carboxylic acids is 1. The third-order valence-corrected chi connectivity index (χ3v) is 5.16. The van der Waals surface area contributed by atoms with Gasteiger partial charge in [0.15, 0.2) is 0 Å². The molecule has 1 aromatic rings. The van der Waals surface area contributed by atoms with Crippen molar-refractivity contribution in [3.63, 3.8) is 0 Å². The van der Waals surface area contributed by atoms with Gasteiger partial charge in [-0.2, -0.15) is 0 Å². The van der Waals surface area contributed by atoms with E-state index in [1.54, 1.807) is 6.20 Å². The Morgan fingerprint density at radius 3 is 2.86 bits per heavy atom. The first-order chi connectivity index (χ1) is 9.90. The first kappa shape index (κ1) is 15.8. The van der Waals surface area contributed by atoms with Crippen LogP contribution in [0.4, 0.5) is 4.79 Å². The number of nitrogens with zero attached hydrogens (tertiary/aromatic N) is 2. The van der Waals surface area contributed by atoms with E-state index in [-0.39, 0.29) is 12.1 Å². The summed E-state index contributed by atoms with van der Waals surface area (Å²) in [5.74, 6) is -0.921. The standard InChI is InChI=1S/C14H21N3O3S/c1-4-14(12(18)19)6-5-7-17(14)13(20)16-10(3)11-15-8-9(2)21-11/h8,10H,4-7H2,1-3H3,(H,16,20)(H,18,19). The Morgan fingerprint density at radius 1 is 1.62 bits per heavy atom. The quantitative estimate of drug-likeness (QED) is 0.895. The number of nitrogens with one attached hydrogen (secondary N) is 1. The molecule has 0 radical (unpaired) electrons. The minimum Gasteiger partial charge on any atom is -0.479 e. The number of likely N-dealkylation sites (tertiary alicyclic amines) is 1.